The molecule has 0 heterocycles. The summed E-state index contributed by atoms with van der Waals surface area (Å²) in [6, 6.07) is 1.25. The number of nitrogens with one attached hydrogen (secondary N) is 1. The molecule has 0 saturated heterocycles. The predicted octanol–water partition coefficient (Wildman–Crippen LogP) is 2.21. The van der Waals surface area contributed by atoms with Gasteiger partial charge in [-0.2, -0.15) is 0 Å². The highest BCUT2D eigenvalue weighted by molar-refractivity contribution is 7.09. The zero-order valence-electron chi connectivity index (χ0n) is 8.35. The minimum atomic E-state index is 0.625. The lowest BCUT2D eigenvalue weighted by atomic mass is 10.3. The first-order chi connectivity index (χ1) is 5.04. The molecule has 0 amide bonds. The maximum absolute atomic E-state index is 4.46. The van der Waals surface area contributed by atoms with Gasteiger partial charge in [-0.15, -0.1) is 0 Å². The summed E-state index contributed by atoms with van der Waals surface area (Å²) in [4.78, 5) is 0. The summed E-state index contributed by atoms with van der Waals surface area (Å²) >= 11 is 0. The normalized spacial score (nSPS) is 9.82. The Kier molecular flexibility index (Phi) is 13.1. The molecule has 0 radical (unpaired) electrons. The highest BCUT2D eigenvalue weighted by Gasteiger charge is 1.92. The smallest absolute Gasteiger partial charge is 0.0473 e. The molecule has 1 unspecified atom stereocenters. The van der Waals surface area contributed by atoms with Crippen LogP contribution in [-0.2, 0) is 4.52 Å². The molecule has 0 aromatic carbocycles. The Balaban J connectivity index is 0. The average Bonchev–Trinajstić information content (AvgIpc) is 1.85. The molecule has 0 aliphatic heterocycles. The number of hydrogen-bond donors (Lipinski definition) is 1. The van der Waals surface area contributed by atoms with Crippen LogP contribution in [0, 0.1) is 0 Å². The topological polar surface area (TPSA) is 21.3 Å². The summed E-state index contributed by atoms with van der Waals surface area (Å²) in [6.45, 7) is 11.3. The van der Waals surface area contributed by atoms with E-state index < -0.39 is 0 Å². The zero-order chi connectivity index (χ0) is 9.28. The highest BCUT2D eigenvalue weighted by atomic mass is 31.0. The van der Waals surface area contributed by atoms with Crippen LogP contribution in [0.25, 0.3) is 0 Å². The van der Waals surface area contributed by atoms with Gasteiger partial charge in [-0.1, -0.05) is 27.7 Å². The van der Waals surface area contributed by atoms with Crippen molar-refractivity contribution < 1.29 is 4.52 Å². The van der Waals surface area contributed by atoms with Crippen molar-refractivity contribution in [1.82, 2.24) is 5.32 Å². The third kappa shape index (κ3) is 25.2. The standard InChI is InChI=1S/C6H15N.C2H7OP/c1-5(2)7-6(3)4;1-2-3-4/h5-7H,1-4H3;2,4H2,1H3. The summed E-state index contributed by atoms with van der Waals surface area (Å²) in [6.07, 6.45) is 0. The third-order valence-corrected chi connectivity index (χ3v) is 1.17. The van der Waals surface area contributed by atoms with Crippen LogP contribution < -0.4 is 5.32 Å². The van der Waals surface area contributed by atoms with Crippen LogP contribution in [0.5, 0.6) is 0 Å². The van der Waals surface area contributed by atoms with Gasteiger partial charge in [0.2, 0.25) is 0 Å². The second kappa shape index (κ2) is 10.3. The van der Waals surface area contributed by atoms with E-state index in [0.29, 0.717) is 12.1 Å². The number of rotatable bonds is 3. The van der Waals surface area contributed by atoms with Gasteiger partial charge in [0.05, 0.1) is 0 Å². The van der Waals surface area contributed by atoms with Gasteiger partial charge in [0, 0.05) is 28.2 Å². The Morgan fingerprint density at radius 3 is 1.45 bits per heavy atom. The molecule has 0 aromatic heterocycles. The second-order valence-corrected chi connectivity index (χ2v) is 3.26. The van der Waals surface area contributed by atoms with Crippen LogP contribution in [-0.4, -0.2) is 18.7 Å². The van der Waals surface area contributed by atoms with Gasteiger partial charge in [-0.3, -0.25) is 0 Å². The second-order valence-electron chi connectivity index (χ2n) is 2.93. The molecule has 0 aliphatic rings. The maximum atomic E-state index is 4.46. The lowest BCUT2D eigenvalue weighted by Gasteiger charge is -2.10. The summed E-state index contributed by atoms with van der Waals surface area (Å²) in [5.41, 5.74) is 0. The van der Waals surface area contributed by atoms with Crippen molar-refractivity contribution in [3.63, 3.8) is 0 Å². The van der Waals surface area contributed by atoms with E-state index >= 15 is 0 Å². The van der Waals surface area contributed by atoms with Crippen LogP contribution in [0.15, 0.2) is 0 Å². The summed E-state index contributed by atoms with van der Waals surface area (Å²) in [7, 11) is 2.16. The molecular weight excluding hydrogens is 157 g/mol. The first kappa shape index (κ1) is 13.9. The van der Waals surface area contributed by atoms with E-state index in [9.17, 15) is 0 Å². The zero-order valence-corrected chi connectivity index (χ0v) is 9.50. The molecule has 0 fully saturated rings. The van der Waals surface area contributed by atoms with Crippen molar-refractivity contribution in [1.29, 1.82) is 0 Å². The Morgan fingerprint density at radius 2 is 1.45 bits per heavy atom. The van der Waals surface area contributed by atoms with E-state index in [1.807, 2.05) is 6.92 Å². The Bertz CT molecular complexity index is 59.1. The molecule has 0 saturated carbocycles. The van der Waals surface area contributed by atoms with Gasteiger partial charge in [0.1, 0.15) is 0 Å². The van der Waals surface area contributed by atoms with Gasteiger partial charge in [0.15, 0.2) is 0 Å². The van der Waals surface area contributed by atoms with Gasteiger partial charge >= 0.3 is 0 Å². The van der Waals surface area contributed by atoms with Crippen molar-refractivity contribution in [3.05, 3.63) is 0 Å². The molecule has 0 rings (SSSR count). The Morgan fingerprint density at radius 1 is 1.18 bits per heavy atom. The van der Waals surface area contributed by atoms with Crippen LogP contribution in [0.4, 0.5) is 0 Å². The van der Waals surface area contributed by atoms with E-state index in [-0.39, 0.29) is 0 Å². The van der Waals surface area contributed by atoms with Crippen LogP contribution in [0.3, 0.4) is 0 Å². The van der Waals surface area contributed by atoms with Gasteiger partial charge in [-0.05, 0) is 6.92 Å². The molecule has 2 nitrogen and oxygen atoms in total. The monoisotopic (exact) mass is 179 g/mol. The molecule has 11 heavy (non-hydrogen) atoms. The van der Waals surface area contributed by atoms with Crippen LogP contribution >= 0.6 is 9.47 Å². The molecule has 0 spiro atoms. The Labute approximate surface area is 73.4 Å². The molecule has 3 heteroatoms. The minimum Gasteiger partial charge on any atom is -0.366 e. The Hall–Kier alpha value is 0.350. The molecular formula is C8H22NOP. The van der Waals surface area contributed by atoms with E-state index in [1.165, 1.54) is 0 Å². The van der Waals surface area contributed by atoms with Crippen molar-refractivity contribution in [3.8, 4) is 0 Å². The summed E-state index contributed by atoms with van der Waals surface area (Å²) in [5.74, 6) is 0. The molecule has 70 valence electrons. The molecule has 0 aliphatic carbocycles. The minimum absolute atomic E-state index is 0.625. The van der Waals surface area contributed by atoms with E-state index in [4.69, 9.17) is 0 Å². The molecule has 1 atom stereocenters. The SMILES string of the molecule is CC(C)NC(C)C.CCOP. The highest BCUT2D eigenvalue weighted by Crippen LogP contribution is 1.80. The lowest BCUT2D eigenvalue weighted by Crippen LogP contribution is -2.29. The van der Waals surface area contributed by atoms with Gasteiger partial charge in [0.25, 0.3) is 0 Å². The van der Waals surface area contributed by atoms with Gasteiger partial charge < -0.3 is 9.84 Å². The third-order valence-electron chi connectivity index (χ3n) is 0.833. The van der Waals surface area contributed by atoms with Gasteiger partial charge in [-0.25, -0.2) is 0 Å². The van der Waals surface area contributed by atoms with Crippen LogP contribution in [0.1, 0.15) is 34.6 Å². The maximum Gasteiger partial charge on any atom is 0.0473 e. The predicted molar refractivity (Wildman–Crippen MR) is 54.7 cm³/mol. The lowest BCUT2D eigenvalue weighted by molar-refractivity contribution is 0.400. The average molecular weight is 179 g/mol. The summed E-state index contributed by atoms with van der Waals surface area (Å²) in [5, 5.41) is 3.31. The number of hydrogen-bond acceptors (Lipinski definition) is 2. The van der Waals surface area contributed by atoms with Crippen LogP contribution in [0.2, 0.25) is 0 Å². The summed E-state index contributed by atoms with van der Waals surface area (Å²) < 4.78 is 4.46. The largest absolute Gasteiger partial charge is 0.366 e. The first-order valence-corrected chi connectivity index (χ1v) is 4.59. The molecule has 0 bridgehead atoms. The fourth-order valence-corrected chi connectivity index (χ4v) is 0.667. The van der Waals surface area contributed by atoms with Crippen molar-refractivity contribution in [2.75, 3.05) is 6.61 Å². The quantitative estimate of drug-likeness (QED) is 0.671. The fourth-order valence-electron chi connectivity index (χ4n) is 0.667. The first-order valence-electron chi connectivity index (χ1n) is 4.12. The fraction of sp³-hybridized carbons (Fsp3) is 1.00. The molecule has 0 aromatic rings. The van der Waals surface area contributed by atoms with E-state index in [0.717, 1.165) is 6.61 Å². The van der Waals surface area contributed by atoms with Crippen molar-refractivity contribution in [2.24, 2.45) is 0 Å². The molecule has 1 N–H and O–H groups in total. The van der Waals surface area contributed by atoms with Crippen molar-refractivity contribution >= 4 is 9.47 Å². The van der Waals surface area contributed by atoms with E-state index in [2.05, 4.69) is 47.0 Å². The van der Waals surface area contributed by atoms with E-state index in [1.54, 1.807) is 0 Å². The van der Waals surface area contributed by atoms with Crippen molar-refractivity contribution in [2.45, 2.75) is 46.7 Å².